The summed E-state index contributed by atoms with van der Waals surface area (Å²) in [5.41, 5.74) is 1.11. The number of pyridine rings is 1. The van der Waals surface area contributed by atoms with E-state index in [1.807, 2.05) is 35.2 Å². The third-order valence-corrected chi connectivity index (χ3v) is 4.75. The number of nitrogens with one attached hydrogen (secondary N) is 1. The SMILES string of the molecule is CCC1CN(C(=O)c2coc(COc3cccc4cccnc34)n2)CCN1. The van der Waals surface area contributed by atoms with Crippen LogP contribution in [0.3, 0.4) is 0 Å². The second kappa shape index (κ2) is 7.75. The summed E-state index contributed by atoms with van der Waals surface area (Å²) in [4.78, 5) is 23.1. The summed E-state index contributed by atoms with van der Waals surface area (Å²) in [6.45, 7) is 4.42. The molecule has 3 heterocycles. The minimum Gasteiger partial charge on any atom is -0.482 e. The third kappa shape index (κ3) is 3.78. The van der Waals surface area contributed by atoms with Gasteiger partial charge in [-0.2, -0.15) is 0 Å². The number of ether oxygens (including phenoxy) is 1. The summed E-state index contributed by atoms with van der Waals surface area (Å²) in [7, 11) is 0. The van der Waals surface area contributed by atoms with Gasteiger partial charge in [0.2, 0.25) is 5.89 Å². The highest BCUT2D eigenvalue weighted by Gasteiger charge is 2.25. The Morgan fingerprint density at radius 1 is 1.37 bits per heavy atom. The van der Waals surface area contributed by atoms with Gasteiger partial charge in [-0.15, -0.1) is 0 Å². The fourth-order valence-corrected chi connectivity index (χ4v) is 3.25. The lowest BCUT2D eigenvalue weighted by atomic mass is 10.1. The molecular formula is C20H22N4O3. The molecule has 1 aliphatic rings. The lowest BCUT2D eigenvalue weighted by Crippen LogP contribution is -2.52. The predicted molar refractivity (Wildman–Crippen MR) is 101 cm³/mol. The Morgan fingerprint density at radius 3 is 3.15 bits per heavy atom. The van der Waals surface area contributed by atoms with E-state index < -0.39 is 0 Å². The van der Waals surface area contributed by atoms with Crippen LogP contribution >= 0.6 is 0 Å². The number of aromatic nitrogens is 2. The summed E-state index contributed by atoms with van der Waals surface area (Å²) in [6.07, 6.45) is 4.13. The molecule has 2 aromatic heterocycles. The van der Waals surface area contributed by atoms with Gasteiger partial charge in [-0.3, -0.25) is 9.78 Å². The molecule has 1 atom stereocenters. The van der Waals surface area contributed by atoms with E-state index in [0.29, 0.717) is 36.5 Å². The van der Waals surface area contributed by atoms with E-state index in [9.17, 15) is 4.79 Å². The number of para-hydroxylation sites is 1. The average Bonchev–Trinajstić information content (AvgIpc) is 3.20. The number of carbonyl (C=O) groups excluding carboxylic acids is 1. The maximum atomic E-state index is 12.6. The number of piperazine rings is 1. The molecule has 7 nitrogen and oxygen atoms in total. The minimum absolute atomic E-state index is 0.100. The van der Waals surface area contributed by atoms with Crippen LogP contribution in [-0.4, -0.2) is 46.5 Å². The summed E-state index contributed by atoms with van der Waals surface area (Å²) in [5.74, 6) is 0.928. The Kier molecular flexibility index (Phi) is 5.02. The van der Waals surface area contributed by atoms with E-state index in [1.165, 1.54) is 6.26 Å². The highest BCUT2D eigenvalue weighted by molar-refractivity contribution is 5.92. The van der Waals surface area contributed by atoms with Crippen LogP contribution < -0.4 is 10.1 Å². The summed E-state index contributed by atoms with van der Waals surface area (Å²) in [5, 5.41) is 4.40. The minimum atomic E-state index is -0.100. The van der Waals surface area contributed by atoms with Crippen molar-refractivity contribution in [3.63, 3.8) is 0 Å². The van der Waals surface area contributed by atoms with Crippen LogP contribution in [0.15, 0.2) is 47.2 Å². The van der Waals surface area contributed by atoms with Crippen molar-refractivity contribution in [2.75, 3.05) is 19.6 Å². The quantitative estimate of drug-likeness (QED) is 0.748. The zero-order valence-corrected chi connectivity index (χ0v) is 15.2. The molecule has 1 aromatic carbocycles. The zero-order chi connectivity index (χ0) is 18.6. The Labute approximate surface area is 157 Å². The maximum absolute atomic E-state index is 12.6. The molecule has 1 N–H and O–H groups in total. The fraction of sp³-hybridized carbons (Fsp3) is 0.350. The van der Waals surface area contributed by atoms with Gasteiger partial charge >= 0.3 is 0 Å². The Balaban J connectivity index is 1.43. The van der Waals surface area contributed by atoms with Gasteiger partial charge in [0.1, 0.15) is 17.5 Å². The van der Waals surface area contributed by atoms with E-state index in [4.69, 9.17) is 9.15 Å². The molecule has 1 saturated heterocycles. The number of hydrogen-bond donors (Lipinski definition) is 1. The molecule has 27 heavy (non-hydrogen) atoms. The van der Waals surface area contributed by atoms with Crippen molar-refractivity contribution in [3.8, 4) is 5.75 Å². The topological polar surface area (TPSA) is 80.5 Å². The first-order valence-corrected chi connectivity index (χ1v) is 9.18. The van der Waals surface area contributed by atoms with Crippen LogP contribution in [-0.2, 0) is 6.61 Å². The van der Waals surface area contributed by atoms with E-state index in [-0.39, 0.29) is 12.5 Å². The first-order chi connectivity index (χ1) is 13.2. The first-order valence-electron chi connectivity index (χ1n) is 9.18. The summed E-state index contributed by atoms with van der Waals surface area (Å²) < 4.78 is 11.3. The smallest absolute Gasteiger partial charge is 0.275 e. The molecule has 1 fully saturated rings. The van der Waals surface area contributed by atoms with Crippen LogP contribution in [0.4, 0.5) is 0 Å². The van der Waals surface area contributed by atoms with E-state index in [2.05, 4.69) is 22.2 Å². The highest BCUT2D eigenvalue weighted by Crippen LogP contribution is 2.23. The average molecular weight is 366 g/mol. The molecule has 0 radical (unpaired) electrons. The van der Waals surface area contributed by atoms with Crippen LogP contribution in [0.1, 0.15) is 29.7 Å². The molecule has 140 valence electrons. The lowest BCUT2D eigenvalue weighted by molar-refractivity contribution is 0.0695. The van der Waals surface area contributed by atoms with Crippen molar-refractivity contribution in [1.82, 2.24) is 20.2 Å². The van der Waals surface area contributed by atoms with E-state index in [0.717, 1.165) is 23.9 Å². The third-order valence-electron chi connectivity index (χ3n) is 4.75. The second-order valence-electron chi connectivity index (χ2n) is 6.56. The largest absolute Gasteiger partial charge is 0.482 e. The Hall–Kier alpha value is -2.93. The number of amides is 1. The van der Waals surface area contributed by atoms with Gasteiger partial charge < -0.3 is 19.4 Å². The number of carbonyl (C=O) groups is 1. The monoisotopic (exact) mass is 366 g/mol. The number of benzene rings is 1. The number of fused-ring (bicyclic) bond motifs is 1. The standard InChI is InChI=1S/C20H22N4O3/c1-2-15-11-24(10-9-21-15)20(25)16-12-27-18(23-16)13-26-17-7-3-5-14-6-4-8-22-19(14)17/h3-8,12,15,21H,2,9-11,13H2,1H3. The van der Waals surface area contributed by atoms with Gasteiger partial charge in [0, 0.05) is 37.3 Å². The van der Waals surface area contributed by atoms with Crippen LogP contribution in [0, 0.1) is 0 Å². The lowest BCUT2D eigenvalue weighted by Gasteiger charge is -2.32. The van der Waals surface area contributed by atoms with Crippen LogP contribution in [0.2, 0.25) is 0 Å². The molecule has 1 aliphatic heterocycles. The number of rotatable bonds is 5. The van der Waals surface area contributed by atoms with Crippen molar-refractivity contribution in [3.05, 3.63) is 54.4 Å². The molecule has 1 amide bonds. The molecule has 3 aromatic rings. The molecule has 0 saturated carbocycles. The Morgan fingerprint density at radius 2 is 2.26 bits per heavy atom. The first kappa shape index (κ1) is 17.5. The van der Waals surface area contributed by atoms with Crippen molar-refractivity contribution in [2.24, 2.45) is 0 Å². The second-order valence-corrected chi connectivity index (χ2v) is 6.56. The van der Waals surface area contributed by atoms with Gasteiger partial charge in [-0.05, 0) is 18.6 Å². The number of oxazole rings is 1. The van der Waals surface area contributed by atoms with Gasteiger partial charge in [0.05, 0.1) is 0 Å². The molecular weight excluding hydrogens is 344 g/mol. The van der Waals surface area contributed by atoms with Crippen molar-refractivity contribution < 1.29 is 13.9 Å². The van der Waals surface area contributed by atoms with Crippen molar-refractivity contribution in [2.45, 2.75) is 26.0 Å². The summed E-state index contributed by atoms with van der Waals surface area (Å²) in [6, 6.07) is 9.95. The zero-order valence-electron chi connectivity index (χ0n) is 15.2. The molecule has 0 bridgehead atoms. The van der Waals surface area contributed by atoms with Gasteiger partial charge in [-0.1, -0.05) is 25.1 Å². The molecule has 0 aliphatic carbocycles. The van der Waals surface area contributed by atoms with E-state index >= 15 is 0 Å². The maximum Gasteiger partial charge on any atom is 0.275 e. The summed E-state index contributed by atoms with van der Waals surface area (Å²) >= 11 is 0. The molecule has 4 rings (SSSR count). The van der Waals surface area contributed by atoms with Gasteiger partial charge in [0.25, 0.3) is 5.91 Å². The molecule has 0 spiro atoms. The highest BCUT2D eigenvalue weighted by atomic mass is 16.5. The Bertz CT molecular complexity index is 934. The molecule has 7 heteroatoms. The predicted octanol–water partition coefficient (Wildman–Crippen LogP) is 2.63. The van der Waals surface area contributed by atoms with Crippen LogP contribution in [0.5, 0.6) is 5.75 Å². The van der Waals surface area contributed by atoms with Crippen molar-refractivity contribution in [1.29, 1.82) is 0 Å². The van der Waals surface area contributed by atoms with Gasteiger partial charge in [0.15, 0.2) is 12.3 Å². The normalized spacial score (nSPS) is 17.2. The number of hydrogen-bond acceptors (Lipinski definition) is 6. The number of nitrogens with zero attached hydrogens (tertiary/aromatic N) is 3. The van der Waals surface area contributed by atoms with E-state index in [1.54, 1.807) is 6.20 Å². The fourth-order valence-electron chi connectivity index (χ4n) is 3.25. The van der Waals surface area contributed by atoms with Crippen LogP contribution in [0.25, 0.3) is 10.9 Å². The van der Waals surface area contributed by atoms with Gasteiger partial charge in [-0.25, -0.2) is 4.98 Å². The molecule has 1 unspecified atom stereocenters. The van der Waals surface area contributed by atoms with Crippen molar-refractivity contribution >= 4 is 16.8 Å².